The molecule has 0 aliphatic carbocycles. The smallest absolute Gasteiger partial charge is 0.146 e. The number of hydrogen-bond acceptors (Lipinski definition) is 3. The van der Waals surface area contributed by atoms with Crippen LogP contribution in [-0.4, -0.2) is 12.1 Å². The van der Waals surface area contributed by atoms with Crippen molar-refractivity contribution in [2.24, 2.45) is 0 Å². The Labute approximate surface area is 125 Å². The van der Waals surface area contributed by atoms with Crippen molar-refractivity contribution in [1.29, 1.82) is 0 Å². The number of aromatic nitrogens is 1. The molecule has 2 rings (SSSR count). The van der Waals surface area contributed by atoms with Gasteiger partial charge in [-0.15, -0.1) is 0 Å². The number of pyridine rings is 1. The molecular formula is C17H21FN2O. The average molecular weight is 288 g/mol. The summed E-state index contributed by atoms with van der Waals surface area (Å²) >= 11 is 0. The van der Waals surface area contributed by atoms with Crippen LogP contribution in [0.2, 0.25) is 0 Å². The maximum Gasteiger partial charge on any atom is 0.146 e. The van der Waals surface area contributed by atoms with Gasteiger partial charge in [-0.3, -0.25) is 4.98 Å². The predicted molar refractivity (Wildman–Crippen MR) is 83.4 cm³/mol. The van der Waals surface area contributed by atoms with Gasteiger partial charge in [-0.05, 0) is 57.0 Å². The minimum atomic E-state index is -0.293. The van der Waals surface area contributed by atoms with Gasteiger partial charge in [0.15, 0.2) is 0 Å². The number of anilines is 1. The molecule has 1 unspecified atom stereocenters. The zero-order valence-corrected chi connectivity index (χ0v) is 13.1. The second-order valence-corrected chi connectivity index (χ2v) is 5.29. The van der Waals surface area contributed by atoms with Gasteiger partial charge >= 0.3 is 0 Å². The quantitative estimate of drug-likeness (QED) is 0.909. The summed E-state index contributed by atoms with van der Waals surface area (Å²) in [4.78, 5) is 4.49. The fourth-order valence-corrected chi connectivity index (χ4v) is 2.74. The number of benzene rings is 1. The summed E-state index contributed by atoms with van der Waals surface area (Å²) in [5, 5.41) is 3.21. The lowest BCUT2D eigenvalue weighted by Gasteiger charge is -2.20. The van der Waals surface area contributed by atoms with E-state index < -0.39 is 0 Å². The lowest BCUT2D eigenvalue weighted by Crippen LogP contribution is -2.12. The average Bonchev–Trinajstić information content (AvgIpc) is 2.40. The highest BCUT2D eigenvalue weighted by Crippen LogP contribution is 2.28. The maximum absolute atomic E-state index is 13.9. The second-order valence-electron chi connectivity index (χ2n) is 5.29. The molecule has 4 heteroatoms. The molecule has 112 valence electrons. The summed E-state index contributed by atoms with van der Waals surface area (Å²) in [6, 6.07) is 6.68. The Bertz CT molecular complexity index is 632. The Morgan fingerprint density at radius 2 is 1.90 bits per heavy atom. The minimum Gasteiger partial charge on any atom is -0.497 e. The highest BCUT2D eigenvalue weighted by atomic mass is 19.1. The van der Waals surface area contributed by atoms with Crippen molar-refractivity contribution >= 4 is 5.69 Å². The van der Waals surface area contributed by atoms with Gasteiger partial charge in [0.2, 0.25) is 0 Å². The third kappa shape index (κ3) is 3.32. The van der Waals surface area contributed by atoms with Gasteiger partial charge in [0.05, 0.1) is 18.8 Å². The van der Waals surface area contributed by atoms with Crippen molar-refractivity contribution in [3.05, 3.63) is 52.6 Å². The van der Waals surface area contributed by atoms with Crippen LogP contribution in [0.15, 0.2) is 24.3 Å². The molecule has 0 fully saturated rings. The second kappa shape index (κ2) is 6.12. The first-order valence-electron chi connectivity index (χ1n) is 6.97. The Morgan fingerprint density at radius 1 is 1.19 bits per heavy atom. The number of aryl methyl sites for hydroxylation is 3. The molecule has 0 amide bonds. The number of rotatable bonds is 4. The summed E-state index contributed by atoms with van der Waals surface area (Å²) in [5.74, 6) is 0.333. The molecule has 21 heavy (non-hydrogen) atoms. The summed E-state index contributed by atoms with van der Waals surface area (Å²) in [6.45, 7) is 8.02. The molecule has 0 spiro atoms. The fraction of sp³-hybridized carbons (Fsp3) is 0.353. The van der Waals surface area contributed by atoms with Crippen LogP contribution in [0.4, 0.5) is 10.1 Å². The fourth-order valence-electron chi connectivity index (χ4n) is 2.74. The van der Waals surface area contributed by atoms with Crippen LogP contribution in [0.3, 0.4) is 0 Å². The van der Waals surface area contributed by atoms with Crippen molar-refractivity contribution in [3.8, 4) is 5.75 Å². The number of halogens is 1. The predicted octanol–water partition coefficient (Wildman–Crippen LogP) is 4.33. The van der Waals surface area contributed by atoms with E-state index in [-0.39, 0.29) is 11.9 Å². The third-order valence-corrected chi connectivity index (χ3v) is 3.56. The lowest BCUT2D eigenvalue weighted by atomic mass is 10.00. The highest BCUT2D eigenvalue weighted by molar-refractivity contribution is 5.52. The SMILES string of the molecule is COc1ccc(F)c(NC(C)c2c(C)cc(C)nc2C)c1. The molecule has 1 atom stereocenters. The van der Waals surface area contributed by atoms with Crippen LogP contribution in [0.5, 0.6) is 5.75 Å². The number of nitrogens with zero attached hydrogens (tertiary/aromatic N) is 1. The lowest BCUT2D eigenvalue weighted by molar-refractivity contribution is 0.414. The van der Waals surface area contributed by atoms with E-state index in [4.69, 9.17) is 4.74 Å². The van der Waals surface area contributed by atoms with Gasteiger partial charge in [0, 0.05) is 17.5 Å². The molecular weight excluding hydrogens is 267 g/mol. The van der Waals surface area contributed by atoms with Gasteiger partial charge in [0.25, 0.3) is 0 Å². The number of hydrogen-bond donors (Lipinski definition) is 1. The number of nitrogens with one attached hydrogen (secondary N) is 1. The van der Waals surface area contributed by atoms with Crippen LogP contribution in [-0.2, 0) is 0 Å². The van der Waals surface area contributed by atoms with Crippen LogP contribution in [0.25, 0.3) is 0 Å². The van der Waals surface area contributed by atoms with Gasteiger partial charge in [-0.2, -0.15) is 0 Å². The van der Waals surface area contributed by atoms with E-state index in [1.165, 1.54) is 6.07 Å². The van der Waals surface area contributed by atoms with Gasteiger partial charge in [-0.25, -0.2) is 4.39 Å². The zero-order valence-electron chi connectivity index (χ0n) is 13.1. The molecule has 0 bridgehead atoms. The molecule has 0 aliphatic heterocycles. The van der Waals surface area contributed by atoms with E-state index in [1.807, 2.05) is 26.8 Å². The Morgan fingerprint density at radius 3 is 2.52 bits per heavy atom. The van der Waals surface area contributed by atoms with Crippen LogP contribution >= 0.6 is 0 Å². The Balaban J connectivity index is 2.32. The number of ether oxygens (including phenoxy) is 1. The van der Waals surface area contributed by atoms with E-state index in [9.17, 15) is 4.39 Å². The van der Waals surface area contributed by atoms with Gasteiger partial charge in [-0.1, -0.05) is 0 Å². The van der Waals surface area contributed by atoms with E-state index in [1.54, 1.807) is 19.2 Å². The van der Waals surface area contributed by atoms with Crippen molar-refractivity contribution in [3.63, 3.8) is 0 Å². The monoisotopic (exact) mass is 288 g/mol. The van der Waals surface area contributed by atoms with E-state index in [2.05, 4.69) is 17.2 Å². The highest BCUT2D eigenvalue weighted by Gasteiger charge is 2.15. The molecule has 2 aromatic rings. The number of methoxy groups -OCH3 is 1. The molecule has 0 saturated carbocycles. The molecule has 1 heterocycles. The Kier molecular flexibility index (Phi) is 4.46. The molecule has 0 saturated heterocycles. The topological polar surface area (TPSA) is 34.1 Å². The molecule has 1 aromatic heterocycles. The summed E-state index contributed by atoms with van der Waals surface area (Å²) in [5.41, 5.74) is 4.65. The zero-order chi connectivity index (χ0) is 15.6. The third-order valence-electron chi connectivity index (χ3n) is 3.56. The molecule has 1 N–H and O–H groups in total. The first-order chi connectivity index (χ1) is 9.92. The van der Waals surface area contributed by atoms with E-state index in [0.29, 0.717) is 11.4 Å². The minimum absolute atomic E-state index is 0.0419. The Hall–Kier alpha value is -2.10. The first kappa shape index (κ1) is 15.3. The molecule has 0 aliphatic rings. The molecule has 1 aromatic carbocycles. The summed E-state index contributed by atoms with van der Waals surface area (Å²) in [7, 11) is 1.57. The summed E-state index contributed by atoms with van der Waals surface area (Å²) < 4.78 is 19.1. The van der Waals surface area contributed by atoms with Gasteiger partial charge in [0.1, 0.15) is 11.6 Å². The van der Waals surface area contributed by atoms with Crippen LogP contribution in [0.1, 0.15) is 35.5 Å². The van der Waals surface area contributed by atoms with Crippen molar-refractivity contribution in [2.75, 3.05) is 12.4 Å². The normalized spacial score (nSPS) is 12.1. The van der Waals surface area contributed by atoms with E-state index in [0.717, 1.165) is 22.5 Å². The van der Waals surface area contributed by atoms with Crippen LogP contribution in [0, 0.1) is 26.6 Å². The molecule has 0 radical (unpaired) electrons. The largest absolute Gasteiger partial charge is 0.497 e. The summed E-state index contributed by atoms with van der Waals surface area (Å²) in [6.07, 6.45) is 0. The van der Waals surface area contributed by atoms with Crippen molar-refractivity contribution in [1.82, 2.24) is 4.98 Å². The standard InChI is InChI=1S/C17H21FN2O/c1-10-8-11(2)19-12(3)17(10)13(4)20-16-9-14(21-5)6-7-15(16)18/h6-9,13,20H,1-5H3. The molecule has 3 nitrogen and oxygen atoms in total. The van der Waals surface area contributed by atoms with Crippen molar-refractivity contribution < 1.29 is 9.13 Å². The van der Waals surface area contributed by atoms with Crippen LogP contribution < -0.4 is 10.1 Å². The maximum atomic E-state index is 13.9. The first-order valence-corrected chi connectivity index (χ1v) is 6.97. The van der Waals surface area contributed by atoms with Gasteiger partial charge < -0.3 is 10.1 Å². The van der Waals surface area contributed by atoms with E-state index >= 15 is 0 Å². The van der Waals surface area contributed by atoms with Crippen molar-refractivity contribution in [2.45, 2.75) is 33.7 Å².